The van der Waals surface area contributed by atoms with Crippen LogP contribution in [0.5, 0.6) is 11.5 Å². The summed E-state index contributed by atoms with van der Waals surface area (Å²) >= 11 is 0. The van der Waals surface area contributed by atoms with Crippen LogP contribution < -0.4 is 9.47 Å². The predicted molar refractivity (Wildman–Crippen MR) is 97.8 cm³/mol. The van der Waals surface area contributed by atoms with Crippen molar-refractivity contribution in [2.75, 3.05) is 20.8 Å². The van der Waals surface area contributed by atoms with Crippen LogP contribution >= 0.6 is 0 Å². The largest absolute Gasteiger partial charge is 0.497 e. The average molecular weight is 374 g/mol. The second-order valence-electron chi connectivity index (χ2n) is 5.78. The molecular weight excluding hydrogens is 352 g/mol. The van der Waals surface area contributed by atoms with Crippen LogP contribution in [0.4, 0.5) is 0 Å². The van der Waals surface area contributed by atoms with Gasteiger partial charge < -0.3 is 18.9 Å². The molecule has 144 valence electrons. The molecule has 1 unspecified atom stereocenters. The van der Waals surface area contributed by atoms with Crippen LogP contribution in [0, 0.1) is 0 Å². The number of carbonyl (C=O) groups excluding carboxylic acids is 3. The van der Waals surface area contributed by atoms with E-state index in [9.17, 15) is 14.4 Å². The molecule has 0 heterocycles. The molecule has 27 heavy (non-hydrogen) atoms. The number of ether oxygens (including phenoxy) is 4. The molecule has 2 rings (SSSR count). The first-order chi connectivity index (χ1) is 12.8. The van der Waals surface area contributed by atoms with Gasteiger partial charge in [0.25, 0.3) is 5.60 Å². The van der Waals surface area contributed by atoms with Crippen LogP contribution in [0.2, 0.25) is 0 Å². The molecule has 0 radical (unpaired) electrons. The predicted octanol–water partition coefficient (Wildman–Crippen LogP) is 2.77. The van der Waals surface area contributed by atoms with Crippen LogP contribution in [-0.2, 0) is 29.5 Å². The number of Topliss-reactive ketones (excluding diaryl/α,β-unsaturated/α-hetero) is 1. The third-order valence-corrected chi connectivity index (χ3v) is 4.12. The molecule has 0 amide bonds. The standard InChI is InChI=1S/C20H22O7/c1-6-26-19(23)20(12(2)21,27-13(3)22)18-16-11-15(24-4)9-7-14(16)8-10-17(18)25-5/h7-11H,6H2,1-5H3. The first-order valence-corrected chi connectivity index (χ1v) is 8.34. The molecule has 0 aliphatic rings. The van der Waals surface area contributed by atoms with Gasteiger partial charge in [-0.25, -0.2) is 4.79 Å². The number of benzene rings is 2. The van der Waals surface area contributed by atoms with Gasteiger partial charge >= 0.3 is 11.9 Å². The lowest BCUT2D eigenvalue weighted by atomic mass is 9.85. The maximum absolute atomic E-state index is 12.9. The molecule has 7 heteroatoms. The lowest BCUT2D eigenvalue weighted by molar-refractivity contribution is -0.185. The lowest BCUT2D eigenvalue weighted by Crippen LogP contribution is -2.47. The van der Waals surface area contributed by atoms with Crippen molar-refractivity contribution in [1.82, 2.24) is 0 Å². The summed E-state index contributed by atoms with van der Waals surface area (Å²) in [5.41, 5.74) is -2.19. The van der Waals surface area contributed by atoms with Crippen LogP contribution in [-0.4, -0.2) is 38.5 Å². The van der Waals surface area contributed by atoms with E-state index in [4.69, 9.17) is 18.9 Å². The highest BCUT2D eigenvalue weighted by Gasteiger charge is 2.53. The molecule has 0 N–H and O–H groups in total. The Hall–Kier alpha value is -3.09. The second-order valence-corrected chi connectivity index (χ2v) is 5.78. The Kier molecular flexibility index (Phi) is 6.05. The van der Waals surface area contributed by atoms with E-state index in [1.54, 1.807) is 37.3 Å². The van der Waals surface area contributed by atoms with Crippen molar-refractivity contribution >= 4 is 28.5 Å². The normalized spacial score (nSPS) is 12.8. The Bertz CT molecular complexity index is 882. The minimum absolute atomic E-state index is 0.00549. The summed E-state index contributed by atoms with van der Waals surface area (Å²) in [5, 5.41) is 1.17. The fraction of sp³-hybridized carbons (Fsp3) is 0.350. The van der Waals surface area contributed by atoms with Crippen molar-refractivity contribution in [1.29, 1.82) is 0 Å². The minimum Gasteiger partial charge on any atom is -0.497 e. The second kappa shape index (κ2) is 8.07. The number of esters is 2. The van der Waals surface area contributed by atoms with Gasteiger partial charge in [-0.2, -0.15) is 0 Å². The van der Waals surface area contributed by atoms with E-state index in [0.717, 1.165) is 13.8 Å². The average Bonchev–Trinajstić information content (AvgIpc) is 2.64. The van der Waals surface area contributed by atoms with Crippen LogP contribution in [0.3, 0.4) is 0 Å². The molecule has 7 nitrogen and oxygen atoms in total. The molecular formula is C20H22O7. The molecule has 0 aromatic heterocycles. The quantitative estimate of drug-likeness (QED) is 0.544. The highest BCUT2D eigenvalue weighted by atomic mass is 16.6. The Balaban J connectivity index is 2.99. The molecule has 0 spiro atoms. The number of hydrogen-bond donors (Lipinski definition) is 0. The first kappa shape index (κ1) is 20.2. The molecule has 0 bridgehead atoms. The van der Waals surface area contributed by atoms with Crippen molar-refractivity contribution in [3.05, 3.63) is 35.9 Å². The van der Waals surface area contributed by atoms with Gasteiger partial charge in [0.05, 0.1) is 26.4 Å². The maximum Gasteiger partial charge on any atom is 0.363 e. The summed E-state index contributed by atoms with van der Waals surface area (Å²) < 4.78 is 21.1. The van der Waals surface area contributed by atoms with Crippen LogP contribution in [0.15, 0.2) is 30.3 Å². The molecule has 0 aliphatic heterocycles. The monoisotopic (exact) mass is 374 g/mol. The van der Waals surface area contributed by atoms with Crippen molar-refractivity contribution < 1.29 is 33.3 Å². The molecule has 0 fully saturated rings. The van der Waals surface area contributed by atoms with Crippen molar-refractivity contribution in [2.24, 2.45) is 0 Å². The number of ketones is 1. The van der Waals surface area contributed by atoms with Gasteiger partial charge in [0.2, 0.25) is 0 Å². The van der Waals surface area contributed by atoms with Gasteiger partial charge in [-0.1, -0.05) is 12.1 Å². The van der Waals surface area contributed by atoms with E-state index in [-0.39, 0.29) is 17.9 Å². The van der Waals surface area contributed by atoms with E-state index in [2.05, 4.69) is 0 Å². The summed E-state index contributed by atoms with van der Waals surface area (Å²) in [5.74, 6) is -1.78. The number of methoxy groups -OCH3 is 2. The number of carbonyl (C=O) groups is 3. The van der Waals surface area contributed by atoms with E-state index >= 15 is 0 Å². The lowest BCUT2D eigenvalue weighted by Gasteiger charge is -2.31. The number of hydrogen-bond acceptors (Lipinski definition) is 7. The first-order valence-electron chi connectivity index (χ1n) is 8.34. The summed E-state index contributed by atoms with van der Waals surface area (Å²) in [7, 11) is 2.89. The van der Waals surface area contributed by atoms with Gasteiger partial charge in [0.15, 0.2) is 5.78 Å². The topological polar surface area (TPSA) is 88.1 Å². The molecule has 0 aliphatic carbocycles. The van der Waals surface area contributed by atoms with E-state index in [1.165, 1.54) is 14.2 Å². The molecule has 2 aromatic carbocycles. The highest BCUT2D eigenvalue weighted by molar-refractivity contribution is 6.12. The van der Waals surface area contributed by atoms with Gasteiger partial charge in [0, 0.05) is 6.92 Å². The van der Waals surface area contributed by atoms with Gasteiger partial charge in [-0.15, -0.1) is 0 Å². The van der Waals surface area contributed by atoms with Crippen LogP contribution in [0.25, 0.3) is 10.8 Å². The summed E-state index contributed by atoms with van der Waals surface area (Å²) in [6, 6.07) is 8.52. The fourth-order valence-corrected chi connectivity index (χ4v) is 2.97. The van der Waals surface area contributed by atoms with Gasteiger partial charge in [0.1, 0.15) is 11.5 Å². The SMILES string of the molecule is CCOC(=O)C(OC(C)=O)(C(C)=O)c1c(OC)ccc2ccc(OC)cc12. The Morgan fingerprint density at radius 2 is 1.67 bits per heavy atom. The van der Waals surface area contributed by atoms with Gasteiger partial charge in [-0.3, -0.25) is 9.59 Å². The number of fused-ring (bicyclic) bond motifs is 1. The number of rotatable bonds is 7. The van der Waals surface area contributed by atoms with E-state index in [1.807, 2.05) is 0 Å². The van der Waals surface area contributed by atoms with Crippen molar-refractivity contribution in [2.45, 2.75) is 26.4 Å². The highest BCUT2D eigenvalue weighted by Crippen LogP contribution is 2.42. The van der Waals surface area contributed by atoms with Crippen molar-refractivity contribution in [3.63, 3.8) is 0 Å². The molecule has 0 saturated heterocycles. The van der Waals surface area contributed by atoms with Gasteiger partial charge in [-0.05, 0) is 42.8 Å². The van der Waals surface area contributed by atoms with Crippen LogP contribution in [0.1, 0.15) is 26.3 Å². The Morgan fingerprint density at radius 3 is 2.19 bits per heavy atom. The molecule has 0 saturated carbocycles. The minimum atomic E-state index is -2.29. The smallest absolute Gasteiger partial charge is 0.363 e. The Labute approximate surface area is 157 Å². The summed E-state index contributed by atoms with van der Waals surface area (Å²) in [4.78, 5) is 37.5. The zero-order valence-electron chi connectivity index (χ0n) is 16.0. The maximum atomic E-state index is 12.9. The van der Waals surface area contributed by atoms with E-state index < -0.39 is 23.3 Å². The third-order valence-electron chi connectivity index (χ3n) is 4.12. The van der Waals surface area contributed by atoms with E-state index in [0.29, 0.717) is 16.5 Å². The summed E-state index contributed by atoms with van der Waals surface area (Å²) in [6.45, 7) is 3.89. The molecule has 1 atom stereocenters. The Morgan fingerprint density at radius 1 is 1.00 bits per heavy atom. The zero-order valence-corrected chi connectivity index (χ0v) is 16.0. The summed E-state index contributed by atoms with van der Waals surface area (Å²) in [6.07, 6.45) is 0. The molecule has 2 aromatic rings. The van der Waals surface area contributed by atoms with Crippen molar-refractivity contribution in [3.8, 4) is 11.5 Å². The third kappa shape index (κ3) is 3.58. The zero-order chi connectivity index (χ0) is 20.2. The fourth-order valence-electron chi connectivity index (χ4n) is 2.97.